The van der Waals surface area contributed by atoms with Gasteiger partial charge in [-0.05, 0) is 75.6 Å². The summed E-state index contributed by atoms with van der Waals surface area (Å²) in [5, 5.41) is 0.502. The van der Waals surface area contributed by atoms with Gasteiger partial charge in [-0.25, -0.2) is 8.42 Å². The maximum atomic E-state index is 14.2. The summed E-state index contributed by atoms with van der Waals surface area (Å²) in [5.41, 5.74) is 3.72. The molecule has 0 saturated heterocycles. The zero-order chi connectivity index (χ0) is 30.7. The minimum Gasteiger partial charge on any atom is -0.489 e. The van der Waals surface area contributed by atoms with Crippen LogP contribution in [0.15, 0.2) is 69.5 Å². The molecule has 0 spiro atoms. The number of ketones is 1. The molecular formula is C32H32FNO7S. The Morgan fingerprint density at radius 1 is 1.05 bits per heavy atom. The van der Waals surface area contributed by atoms with E-state index in [4.69, 9.17) is 13.9 Å². The summed E-state index contributed by atoms with van der Waals surface area (Å²) >= 11 is 0. The number of esters is 1. The summed E-state index contributed by atoms with van der Waals surface area (Å²) in [4.78, 5) is 24.2. The van der Waals surface area contributed by atoms with Crippen LogP contribution in [0.25, 0.3) is 22.1 Å². The van der Waals surface area contributed by atoms with Crippen molar-refractivity contribution < 1.29 is 36.3 Å². The van der Waals surface area contributed by atoms with Gasteiger partial charge in [0.05, 0.1) is 17.8 Å². The second kappa shape index (κ2) is 12.3. The van der Waals surface area contributed by atoms with Crippen LogP contribution in [0, 0.1) is 6.01 Å². The first-order valence-corrected chi connectivity index (χ1v) is 14.8. The van der Waals surface area contributed by atoms with E-state index in [0.29, 0.717) is 50.1 Å². The van der Waals surface area contributed by atoms with Crippen molar-refractivity contribution in [2.24, 2.45) is 4.40 Å². The number of halogens is 1. The molecule has 1 aromatic heterocycles. The summed E-state index contributed by atoms with van der Waals surface area (Å²) in [6.07, 6.45) is 1.25. The number of sulfonamides is 1. The van der Waals surface area contributed by atoms with Crippen molar-refractivity contribution in [2.75, 3.05) is 6.61 Å². The van der Waals surface area contributed by atoms with Crippen LogP contribution >= 0.6 is 0 Å². The number of carbonyl (C=O) groups is 2. The van der Waals surface area contributed by atoms with Crippen LogP contribution in [-0.4, -0.2) is 37.7 Å². The zero-order valence-corrected chi connectivity index (χ0v) is 24.9. The average molecular weight is 594 g/mol. The minimum absolute atomic E-state index is 0.0299. The summed E-state index contributed by atoms with van der Waals surface area (Å²) in [5.74, 6) is -0.220. The van der Waals surface area contributed by atoms with Gasteiger partial charge in [0, 0.05) is 34.4 Å². The van der Waals surface area contributed by atoms with E-state index in [0.717, 1.165) is 0 Å². The SMILES string of the molecule is CCOC(=O)Cc1ccc(C(C)=O)cc1OCc1cc(-c2cccc(C=NS(=O)(=O)C(C)(C)C)c2)c2oc(F)cc2c1. The molecule has 0 atom stereocenters. The lowest BCUT2D eigenvalue weighted by atomic mass is 9.99. The Labute approximate surface area is 244 Å². The first-order valence-electron chi connectivity index (χ1n) is 13.3. The molecule has 0 bridgehead atoms. The van der Waals surface area contributed by atoms with Gasteiger partial charge in [0.25, 0.3) is 16.0 Å². The van der Waals surface area contributed by atoms with Gasteiger partial charge >= 0.3 is 5.97 Å². The van der Waals surface area contributed by atoms with E-state index in [1.54, 1.807) is 82.3 Å². The molecule has 1 heterocycles. The highest BCUT2D eigenvalue weighted by Gasteiger charge is 2.27. The van der Waals surface area contributed by atoms with E-state index in [1.165, 1.54) is 19.2 Å². The molecule has 0 saturated carbocycles. The lowest BCUT2D eigenvalue weighted by molar-refractivity contribution is -0.142. The van der Waals surface area contributed by atoms with E-state index < -0.39 is 26.8 Å². The van der Waals surface area contributed by atoms with E-state index in [1.807, 2.05) is 0 Å². The lowest BCUT2D eigenvalue weighted by Gasteiger charge is -2.14. The van der Waals surface area contributed by atoms with Gasteiger partial charge in [-0.15, -0.1) is 0 Å². The van der Waals surface area contributed by atoms with Crippen LogP contribution in [0.2, 0.25) is 0 Å². The smallest absolute Gasteiger partial charge is 0.310 e. The Hall–Kier alpha value is -4.31. The maximum Gasteiger partial charge on any atom is 0.310 e. The number of hydrogen-bond acceptors (Lipinski definition) is 7. The molecule has 8 nitrogen and oxygen atoms in total. The molecule has 0 aliphatic rings. The van der Waals surface area contributed by atoms with Crippen LogP contribution in [0.4, 0.5) is 4.39 Å². The van der Waals surface area contributed by atoms with E-state index >= 15 is 0 Å². The van der Waals surface area contributed by atoms with Gasteiger partial charge in [-0.3, -0.25) is 9.59 Å². The predicted molar refractivity (Wildman–Crippen MR) is 159 cm³/mol. The van der Waals surface area contributed by atoms with Crippen LogP contribution < -0.4 is 4.74 Å². The second-order valence-electron chi connectivity index (χ2n) is 10.7. The third-order valence-corrected chi connectivity index (χ3v) is 8.40. The van der Waals surface area contributed by atoms with Crippen molar-refractivity contribution in [3.63, 3.8) is 0 Å². The number of hydrogen-bond donors (Lipinski definition) is 0. The first kappa shape index (κ1) is 30.6. The third-order valence-electron chi connectivity index (χ3n) is 6.47. The van der Waals surface area contributed by atoms with Crippen molar-refractivity contribution in [3.8, 4) is 16.9 Å². The number of benzene rings is 3. The Morgan fingerprint density at radius 3 is 2.50 bits per heavy atom. The zero-order valence-electron chi connectivity index (χ0n) is 24.1. The van der Waals surface area contributed by atoms with Crippen molar-refractivity contribution in [1.82, 2.24) is 0 Å². The fraction of sp³-hybridized carbons (Fsp3) is 0.281. The Morgan fingerprint density at radius 2 is 1.81 bits per heavy atom. The van der Waals surface area contributed by atoms with Gasteiger partial charge in [0.2, 0.25) is 0 Å². The van der Waals surface area contributed by atoms with Crippen LogP contribution in [0.1, 0.15) is 61.7 Å². The molecule has 0 aliphatic carbocycles. The highest BCUT2D eigenvalue weighted by Crippen LogP contribution is 2.33. The number of rotatable bonds is 10. The monoisotopic (exact) mass is 593 g/mol. The molecule has 0 N–H and O–H groups in total. The Kier molecular flexibility index (Phi) is 8.96. The standard InChI is InChI=1S/C32H32FNO7S/c1-6-39-30(36)17-25-11-10-23(20(2)35)15-28(25)40-19-22-13-26-16-29(33)41-31(26)27(14-22)24-9-7-8-21(12-24)18-34-42(37,38)32(3,4)5/h7-16,18H,6,17,19H2,1-5H3. The quantitative estimate of drug-likeness (QED) is 0.115. The van der Waals surface area contributed by atoms with Crippen molar-refractivity contribution in [2.45, 2.75) is 52.4 Å². The maximum absolute atomic E-state index is 14.2. The van der Waals surface area contributed by atoms with E-state index in [-0.39, 0.29) is 25.4 Å². The van der Waals surface area contributed by atoms with Gasteiger partial charge in [-0.1, -0.05) is 30.3 Å². The van der Waals surface area contributed by atoms with Gasteiger partial charge in [0.1, 0.15) is 17.9 Å². The summed E-state index contributed by atoms with van der Waals surface area (Å²) < 4.78 is 58.5. The number of nitrogens with zero attached hydrogens (tertiary/aromatic N) is 1. The topological polar surface area (TPSA) is 112 Å². The average Bonchev–Trinajstić information content (AvgIpc) is 3.30. The Balaban J connectivity index is 1.70. The number of ether oxygens (including phenoxy) is 2. The molecule has 0 amide bonds. The summed E-state index contributed by atoms with van der Waals surface area (Å²) in [7, 11) is -3.73. The van der Waals surface area contributed by atoms with Gasteiger partial charge in [0.15, 0.2) is 5.78 Å². The van der Waals surface area contributed by atoms with Crippen LogP contribution in [0.5, 0.6) is 5.75 Å². The van der Waals surface area contributed by atoms with Crippen molar-refractivity contribution >= 4 is 39.0 Å². The number of carbonyl (C=O) groups excluding carboxylic acids is 2. The predicted octanol–water partition coefficient (Wildman–Crippen LogP) is 6.67. The van der Waals surface area contributed by atoms with Gasteiger partial charge < -0.3 is 13.9 Å². The van der Waals surface area contributed by atoms with Crippen LogP contribution in [-0.2, 0) is 32.6 Å². The number of Topliss-reactive ketones (excluding diaryl/α,β-unsaturated/α-hetero) is 1. The molecule has 0 unspecified atom stereocenters. The van der Waals surface area contributed by atoms with Crippen molar-refractivity contribution in [3.05, 3.63) is 88.9 Å². The third kappa shape index (κ3) is 7.12. The Bertz CT molecular complexity index is 1780. The number of furan rings is 1. The van der Waals surface area contributed by atoms with E-state index in [2.05, 4.69) is 4.40 Å². The molecule has 4 rings (SSSR count). The van der Waals surface area contributed by atoms with Crippen LogP contribution in [0.3, 0.4) is 0 Å². The molecule has 0 radical (unpaired) electrons. The minimum atomic E-state index is -3.73. The fourth-order valence-electron chi connectivity index (χ4n) is 4.14. The molecular weight excluding hydrogens is 561 g/mol. The molecule has 0 fully saturated rings. The summed E-state index contributed by atoms with van der Waals surface area (Å²) in [6, 6.07) is 15.9. The molecule has 0 aliphatic heterocycles. The fourth-order valence-corrected chi connectivity index (χ4v) is 4.72. The number of fused-ring (bicyclic) bond motifs is 1. The van der Waals surface area contributed by atoms with Gasteiger partial charge in [-0.2, -0.15) is 8.79 Å². The molecule has 4 aromatic rings. The lowest BCUT2D eigenvalue weighted by Crippen LogP contribution is -2.25. The molecule has 42 heavy (non-hydrogen) atoms. The van der Waals surface area contributed by atoms with E-state index in [9.17, 15) is 22.4 Å². The first-order chi connectivity index (χ1) is 19.8. The van der Waals surface area contributed by atoms with Crippen molar-refractivity contribution in [1.29, 1.82) is 0 Å². The molecule has 3 aromatic carbocycles. The largest absolute Gasteiger partial charge is 0.489 e. The molecule has 10 heteroatoms. The second-order valence-corrected chi connectivity index (χ2v) is 13.1. The highest BCUT2D eigenvalue weighted by atomic mass is 32.2. The molecule has 220 valence electrons. The summed E-state index contributed by atoms with van der Waals surface area (Å²) in [6.45, 7) is 8.15. The normalized spacial score (nSPS) is 12.1. The highest BCUT2D eigenvalue weighted by molar-refractivity contribution is 7.91.